The maximum absolute atomic E-state index is 9.07. The van der Waals surface area contributed by atoms with Crippen LogP contribution in [0.1, 0.15) is 28.3 Å². The summed E-state index contributed by atoms with van der Waals surface area (Å²) in [7, 11) is 1.72. The summed E-state index contributed by atoms with van der Waals surface area (Å²) in [5.74, 6) is 0. The van der Waals surface area contributed by atoms with E-state index >= 15 is 0 Å². The van der Waals surface area contributed by atoms with Crippen molar-refractivity contribution in [2.24, 2.45) is 0 Å². The molecular formula is C26H28ClN3O. The van der Waals surface area contributed by atoms with Crippen LogP contribution < -0.4 is 5.62 Å². The van der Waals surface area contributed by atoms with Crippen LogP contribution in [0.3, 0.4) is 0 Å². The van der Waals surface area contributed by atoms with Gasteiger partial charge in [-0.2, -0.15) is 0 Å². The number of hydrogen-bond acceptors (Lipinski definition) is 2. The Morgan fingerprint density at radius 2 is 1.48 bits per heavy atom. The summed E-state index contributed by atoms with van der Waals surface area (Å²) < 4.78 is 9.70. The molecule has 0 aliphatic heterocycles. The fourth-order valence-corrected chi connectivity index (χ4v) is 4.26. The van der Waals surface area contributed by atoms with Crippen molar-refractivity contribution in [3.05, 3.63) is 99.6 Å². The smallest absolute Gasteiger partial charge is 0.203 e. The summed E-state index contributed by atoms with van der Waals surface area (Å²) in [6, 6.07) is 22.9. The van der Waals surface area contributed by atoms with Crippen LogP contribution in [0.15, 0.2) is 66.7 Å². The summed E-state index contributed by atoms with van der Waals surface area (Å²) in [5.41, 5.74) is 7.26. The molecule has 1 N–H and O–H groups in total. The molecule has 4 aromatic rings. The Bertz CT molecular complexity index is 1240. The number of nitrogens with zero attached hydrogens (tertiary/aromatic N) is 2. The molecule has 0 aliphatic rings. The largest absolute Gasteiger partial charge is 0.383 e. The average Bonchev–Trinajstić information content (AvgIpc) is 3.02. The van der Waals surface area contributed by atoms with E-state index in [1.54, 1.807) is 7.11 Å². The molecule has 0 bridgehead atoms. The van der Waals surface area contributed by atoms with Crippen LogP contribution in [0.5, 0.6) is 0 Å². The van der Waals surface area contributed by atoms with Crippen LogP contribution >= 0.6 is 11.6 Å². The summed E-state index contributed by atoms with van der Waals surface area (Å²) in [4.78, 5) is 0. The molecule has 0 amide bonds. The first-order valence-electron chi connectivity index (χ1n) is 10.5. The van der Waals surface area contributed by atoms with Crippen LogP contribution in [0.4, 0.5) is 0 Å². The molecule has 0 radical (unpaired) electrons. The van der Waals surface area contributed by atoms with Gasteiger partial charge in [-0.1, -0.05) is 71.3 Å². The maximum atomic E-state index is 9.07. The monoisotopic (exact) mass is 433 g/mol. The highest BCUT2D eigenvalue weighted by Crippen LogP contribution is 2.24. The summed E-state index contributed by atoms with van der Waals surface area (Å²) in [6.45, 7) is 5.32. The van der Waals surface area contributed by atoms with Gasteiger partial charge >= 0.3 is 0 Å². The molecule has 1 aromatic heterocycles. The number of fused-ring (bicyclic) bond motifs is 1. The predicted molar refractivity (Wildman–Crippen MR) is 127 cm³/mol. The lowest BCUT2D eigenvalue weighted by Gasteiger charge is -2.19. The first kappa shape index (κ1) is 21.4. The lowest BCUT2D eigenvalue weighted by atomic mass is 10.0. The molecule has 3 aromatic carbocycles. The van der Waals surface area contributed by atoms with E-state index < -0.39 is 0 Å². The van der Waals surface area contributed by atoms with Gasteiger partial charge in [0.15, 0.2) is 0 Å². The zero-order valence-corrected chi connectivity index (χ0v) is 19.0. The third-order valence-corrected chi connectivity index (χ3v) is 5.98. The molecule has 0 unspecified atom stereocenters. The van der Waals surface area contributed by atoms with Gasteiger partial charge in [0, 0.05) is 12.1 Å². The second-order valence-corrected chi connectivity index (χ2v) is 8.63. The highest BCUT2D eigenvalue weighted by molar-refractivity contribution is 6.31. The second-order valence-electron chi connectivity index (χ2n) is 8.20. The minimum atomic E-state index is 0.00292. The van der Waals surface area contributed by atoms with Crippen LogP contribution in [0.25, 0.3) is 11.0 Å². The lowest BCUT2D eigenvalue weighted by Crippen LogP contribution is -2.31. The molecule has 0 saturated heterocycles. The number of aryl methyl sites for hydroxylation is 2. The van der Waals surface area contributed by atoms with Crippen LogP contribution in [-0.4, -0.2) is 22.9 Å². The molecule has 0 spiro atoms. The number of imidazole rings is 1. The molecular weight excluding hydrogens is 406 g/mol. The standard InChI is InChI=1S/C26H28ClN3O/c1-18-4-8-20(9-5-18)14-23(17-31-3)30-24-13-12-22(27)15-25(24)29(26(30)28)16-21-10-6-19(2)7-11-21/h4-13,15,23,28H,14,16-17H2,1-3H3/t23-/m0/s1. The van der Waals surface area contributed by atoms with E-state index in [2.05, 4.69) is 66.9 Å². The first-order valence-corrected chi connectivity index (χ1v) is 10.9. The van der Waals surface area contributed by atoms with Crippen LogP contribution in [0.2, 0.25) is 5.02 Å². The first-order chi connectivity index (χ1) is 15.0. The number of halogens is 1. The minimum absolute atomic E-state index is 0.00292. The van der Waals surface area contributed by atoms with Crippen molar-refractivity contribution in [3.8, 4) is 0 Å². The van der Waals surface area contributed by atoms with E-state index in [0.29, 0.717) is 23.8 Å². The molecule has 1 heterocycles. The number of methoxy groups -OCH3 is 1. The van der Waals surface area contributed by atoms with Crippen LogP contribution in [0, 0.1) is 19.3 Å². The molecule has 0 fully saturated rings. The Kier molecular flexibility index (Phi) is 6.30. The van der Waals surface area contributed by atoms with E-state index in [0.717, 1.165) is 23.0 Å². The fourth-order valence-electron chi connectivity index (χ4n) is 4.09. The van der Waals surface area contributed by atoms with Crippen molar-refractivity contribution in [2.45, 2.75) is 32.9 Å². The molecule has 0 aliphatic carbocycles. The van der Waals surface area contributed by atoms with Crippen molar-refractivity contribution in [1.82, 2.24) is 9.13 Å². The van der Waals surface area contributed by atoms with E-state index in [1.807, 2.05) is 22.8 Å². The molecule has 5 heteroatoms. The number of benzene rings is 3. The number of rotatable bonds is 7. The normalized spacial score (nSPS) is 12.4. The third kappa shape index (κ3) is 4.60. The van der Waals surface area contributed by atoms with Crippen molar-refractivity contribution in [3.63, 3.8) is 0 Å². The van der Waals surface area contributed by atoms with Crippen molar-refractivity contribution in [1.29, 1.82) is 5.41 Å². The van der Waals surface area contributed by atoms with Gasteiger partial charge < -0.3 is 13.9 Å². The summed E-state index contributed by atoms with van der Waals surface area (Å²) >= 11 is 6.35. The Hall–Kier alpha value is -2.82. The zero-order chi connectivity index (χ0) is 22.0. The quantitative estimate of drug-likeness (QED) is 0.401. The Balaban J connectivity index is 1.81. The number of hydrogen-bond donors (Lipinski definition) is 1. The summed E-state index contributed by atoms with van der Waals surface area (Å²) in [5, 5.41) is 9.74. The minimum Gasteiger partial charge on any atom is -0.383 e. The third-order valence-electron chi connectivity index (χ3n) is 5.75. The maximum Gasteiger partial charge on any atom is 0.203 e. The van der Waals surface area contributed by atoms with Gasteiger partial charge in [-0.05, 0) is 49.6 Å². The van der Waals surface area contributed by atoms with Gasteiger partial charge in [0.25, 0.3) is 0 Å². The topological polar surface area (TPSA) is 42.9 Å². The number of nitrogens with one attached hydrogen (secondary N) is 1. The Morgan fingerprint density at radius 1 is 0.871 bits per heavy atom. The van der Waals surface area contributed by atoms with Gasteiger partial charge in [0.1, 0.15) is 0 Å². The highest BCUT2D eigenvalue weighted by atomic mass is 35.5. The molecule has 160 valence electrons. The van der Waals surface area contributed by atoms with Crippen molar-refractivity contribution in [2.75, 3.05) is 13.7 Å². The second kappa shape index (κ2) is 9.13. The zero-order valence-electron chi connectivity index (χ0n) is 18.2. The average molecular weight is 434 g/mol. The fraction of sp³-hybridized carbons (Fsp3) is 0.269. The lowest BCUT2D eigenvalue weighted by molar-refractivity contribution is 0.154. The van der Waals surface area contributed by atoms with E-state index in [-0.39, 0.29) is 6.04 Å². The molecule has 1 atom stereocenters. The Morgan fingerprint density at radius 3 is 2.10 bits per heavy atom. The molecule has 31 heavy (non-hydrogen) atoms. The van der Waals surface area contributed by atoms with Gasteiger partial charge in [-0.15, -0.1) is 0 Å². The van der Waals surface area contributed by atoms with Crippen LogP contribution in [-0.2, 0) is 17.7 Å². The summed E-state index contributed by atoms with van der Waals surface area (Å²) in [6.07, 6.45) is 0.789. The van der Waals surface area contributed by atoms with E-state index in [1.165, 1.54) is 16.7 Å². The molecule has 0 saturated carbocycles. The number of aromatic nitrogens is 2. The van der Waals surface area contributed by atoms with Gasteiger partial charge in [0.05, 0.1) is 30.2 Å². The van der Waals surface area contributed by atoms with E-state index in [4.69, 9.17) is 21.7 Å². The van der Waals surface area contributed by atoms with Gasteiger partial charge in [-0.25, -0.2) is 0 Å². The Labute approximate surface area is 188 Å². The predicted octanol–water partition coefficient (Wildman–Crippen LogP) is 5.67. The van der Waals surface area contributed by atoms with E-state index in [9.17, 15) is 0 Å². The highest BCUT2D eigenvalue weighted by Gasteiger charge is 2.20. The van der Waals surface area contributed by atoms with Gasteiger partial charge in [0.2, 0.25) is 5.62 Å². The number of ether oxygens (including phenoxy) is 1. The molecule has 4 rings (SSSR count). The van der Waals surface area contributed by atoms with Crippen molar-refractivity contribution < 1.29 is 4.74 Å². The SMILES string of the molecule is COC[C@H](Cc1ccc(C)cc1)n1c(=N)n(Cc2ccc(C)cc2)c2cc(Cl)ccc21. The van der Waals surface area contributed by atoms with Crippen molar-refractivity contribution >= 4 is 22.6 Å². The molecule has 4 nitrogen and oxygen atoms in total. The van der Waals surface area contributed by atoms with Gasteiger partial charge in [-0.3, -0.25) is 5.41 Å².